The number of carbonyl (C=O) groups is 1. The molecule has 3 rings (SSSR count). The summed E-state index contributed by atoms with van der Waals surface area (Å²) in [5.41, 5.74) is 1.40. The molecule has 0 bridgehead atoms. The molecule has 26 heavy (non-hydrogen) atoms. The molecule has 1 N–H and O–H groups in total. The summed E-state index contributed by atoms with van der Waals surface area (Å²) >= 11 is 0. The Balaban J connectivity index is 1.59. The van der Waals surface area contributed by atoms with E-state index in [9.17, 15) is 17.6 Å². The van der Waals surface area contributed by atoms with Crippen molar-refractivity contribution >= 4 is 21.8 Å². The summed E-state index contributed by atoms with van der Waals surface area (Å²) in [5, 5.41) is 0. The number of rotatable bonds is 4. The standard InChI is InChI=1S/C18H15FN2O4S/c19-15-5-9-17(10-6-15)26(23,24)20-11-1-2-14-3-7-16(8-4-14)21-12-13-25-18(21)22/h3-10,20H,11-13H2. The van der Waals surface area contributed by atoms with E-state index in [0.717, 1.165) is 17.8 Å². The molecule has 134 valence electrons. The summed E-state index contributed by atoms with van der Waals surface area (Å²) in [6, 6.07) is 11.5. The van der Waals surface area contributed by atoms with E-state index in [2.05, 4.69) is 16.6 Å². The number of benzene rings is 2. The van der Waals surface area contributed by atoms with Gasteiger partial charge in [0.05, 0.1) is 18.0 Å². The lowest BCUT2D eigenvalue weighted by atomic mass is 10.2. The highest BCUT2D eigenvalue weighted by atomic mass is 32.2. The van der Waals surface area contributed by atoms with Crippen molar-refractivity contribution in [2.24, 2.45) is 0 Å². The molecule has 1 fully saturated rings. The minimum Gasteiger partial charge on any atom is -0.447 e. The third kappa shape index (κ3) is 4.20. The van der Waals surface area contributed by atoms with Crippen molar-refractivity contribution in [2.45, 2.75) is 4.90 Å². The van der Waals surface area contributed by atoms with Gasteiger partial charge in [-0.1, -0.05) is 11.8 Å². The molecule has 1 heterocycles. The number of nitrogens with zero attached hydrogens (tertiary/aromatic N) is 1. The largest absolute Gasteiger partial charge is 0.447 e. The molecule has 8 heteroatoms. The Morgan fingerprint density at radius 1 is 1.12 bits per heavy atom. The van der Waals surface area contributed by atoms with Crippen molar-refractivity contribution in [3.8, 4) is 11.8 Å². The molecular formula is C18H15FN2O4S. The Bertz CT molecular complexity index is 961. The minimum atomic E-state index is -3.73. The van der Waals surface area contributed by atoms with Gasteiger partial charge in [0, 0.05) is 11.3 Å². The number of nitrogens with one attached hydrogen (secondary N) is 1. The van der Waals surface area contributed by atoms with Crippen LogP contribution < -0.4 is 9.62 Å². The van der Waals surface area contributed by atoms with Gasteiger partial charge < -0.3 is 4.74 Å². The molecule has 2 aromatic rings. The Labute approximate surface area is 150 Å². The van der Waals surface area contributed by atoms with Crippen LogP contribution in [0.1, 0.15) is 5.56 Å². The van der Waals surface area contributed by atoms with Crippen molar-refractivity contribution in [2.75, 3.05) is 24.6 Å². The zero-order chi connectivity index (χ0) is 18.6. The van der Waals surface area contributed by atoms with Gasteiger partial charge in [-0.15, -0.1) is 0 Å². The molecule has 0 aromatic heterocycles. The third-order valence-corrected chi connectivity index (χ3v) is 5.06. The van der Waals surface area contributed by atoms with E-state index >= 15 is 0 Å². The highest BCUT2D eigenvalue weighted by Gasteiger charge is 2.23. The number of carbonyl (C=O) groups excluding carboxylic acids is 1. The highest BCUT2D eigenvalue weighted by Crippen LogP contribution is 2.18. The summed E-state index contributed by atoms with van der Waals surface area (Å²) in [4.78, 5) is 13.0. The van der Waals surface area contributed by atoms with Crippen LogP contribution in [0, 0.1) is 17.7 Å². The van der Waals surface area contributed by atoms with E-state index in [-0.39, 0.29) is 17.5 Å². The molecule has 0 spiro atoms. The molecule has 1 saturated heterocycles. The van der Waals surface area contributed by atoms with Crippen LogP contribution in [0.4, 0.5) is 14.9 Å². The maximum absolute atomic E-state index is 12.9. The predicted molar refractivity (Wildman–Crippen MR) is 93.6 cm³/mol. The van der Waals surface area contributed by atoms with Gasteiger partial charge in [-0.25, -0.2) is 17.6 Å². The number of ether oxygens (including phenoxy) is 1. The van der Waals surface area contributed by atoms with Crippen LogP contribution in [-0.4, -0.2) is 34.2 Å². The average Bonchev–Trinajstić information content (AvgIpc) is 3.06. The first-order valence-electron chi connectivity index (χ1n) is 7.74. The SMILES string of the molecule is O=C1OCCN1c1ccc(C#CCNS(=O)(=O)c2ccc(F)cc2)cc1. The lowest BCUT2D eigenvalue weighted by Gasteiger charge is -2.11. The van der Waals surface area contributed by atoms with Crippen LogP contribution in [0.3, 0.4) is 0 Å². The zero-order valence-electron chi connectivity index (χ0n) is 13.6. The smallest absolute Gasteiger partial charge is 0.414 e. The van der Waals surface area contributed by atoms with Crippen molar-refractivity contribution < 1.29 is 22.3 Å². The highest BCUT2D eigenvalue weighted by molar-refractivity contribution is 7.89. The van der Waals surface area contributed by atoms with Gasteiger partial charge >= 0.3 is 6.09 Å². The molecule has 0 aliphatic carbocycles. The second kappa shape index (κ2) is 7.56. The van der Waals surface area contributed by atoms with Gasteiger partial charge in [-0.2, -0.15) is 4.72 Å². The fourth-order valence-electron chi connectivity index (χ4n) is 2.33. The van der Waals surface area contributed by atoms with E-state index in [0.29, 0.717) is 18.7 Å². The summed E-state index contributed by atoms with van der Waals surface area (Å²) in [6.45, 7) is 0.795. The lowest BCUT2D eigenvalue weighted by Crippen LogP contribution is -2.24. The van der Waals surface area contributed by atoms with E-state index < -0.39 is 15.8 Å². The second-order valence-electron chi connectivity index (χ2n) is 5.39. The summed E-state index contributed by atoms with van der Waals surface area (Å²) in [7, 11) is -3.73. The Morgan fingerprint density at radius 3 is 2.42 bits per heavy atom. The van der Waals surface area contributed by atoms with Gasteiger partial charge in [-0.05, 0) is 48.5 Å². The van der Waals surface area contributed by atoms with Crippen LogP contribution in [-0.2, 0) is 14.8 Å². The van der Waals surface area contributed by atoms with Gasteiger partial charge in [0.15, 0.2) is 0 Å². The second-order valence-corrected chi connectivity index (χ2v) is 7.16. The van der Waals surface area contributed by atoms with Gasteiger partial charge in [0.25, 0.3) is 0 Å². The minimum absolute atomic E-state index is 0.0254. The lowest BCUT2D eigenvalue weighted by molar-refractivity contribution is 0.181. The first-order chi connectivity index (χ1) is 12.5. The topological polar surface area (TPSA) is 75.7 Å². The number of hydrogen-bond donors (Lipinski definition) is 1. The van der Waals surface area contributed by atoms with Gasteiger partial charge in [-0.3, -0.25) is 4.90 Å². The predicted octanol–water partition coefficient (Wildman–Crippen LogP) is 2.11. The average molecular weight is 374 g/mol. The van der Waals surface area contributed by atoms with Crippen molar-refractivity contribution in [1.29, 1.82) is 0 Å². The number of anilines is 1. The monoisotopic (exact) mass is 374 g/mol. The normalized spacial score (nSPS) is 13.9. The number of amides is 1. The molecule has 0 atom stereocenters. The van der Waals surface area contributed by atoms with E-state index in [1.54, 1.807) is 24.3 Å². The summed E-state index contributed by atoms with van der Waals surface area (Å²) < 4.78 is 44.1. The fourth-order valence-corrected chi connectivity index (χ4v) is 3.25. The van der Waals surface area contributed by atoms with E-state index in [4.69, 9.17) is 4.74 Å². The Kier molecular flexibility index (Phi) is 5.21. The molecule has 0 unspecified atom stereocenters. The molecule has 1 aliphatic rings. The molecule has 1 amide bonds. The molecule has 0 radical (unpaired) electrons. The quantitative estimate of drug-likeness (QED) is 0.832. The van der Waals surface area contributed by atoms with Crippen LogP contribution in [0.15, 0.2) is 53.4 Å². The zero-order valence-corrected chi connectivity index (χ0v) is 14.4. The van der Waals surface area contributed by atoms with E-state index in [1.165, 1.54) is 17.0 Å². The van der Waals surface area contributed by atoms with Crippen LogP contribution >= 0.6 is 0 Å². The number of hydrogen-bond acceptors (Lipinski definition) is 4. The first kappa shape index (κ1) is 17.9. The molecular weight excluding hydrogens is 359 g/mol. The van der Waals surface area contributed by atoms with Crippen molar-refractivity contribution in [3.63, 3.8) is 0 Å². The fraction of sp³-hybridized carbons (Fsp3) is 0.167. The van der Waals surface area contributed by atoms with Gasteiger partial charge in [0.2, 0.25) is 10.0 Å². The molecule has 0 saturated carbocycles. The maximum atomic E-state index is 12.9. The van der Waals surface area contributed by atoms with Crippen LogP contribution in [0.5, 0.6) is 0 Å². The first-order valence-corrected chi connectivity index (χ1v) is 9.22. The Hall–Kier alpha value is -2.89. The van der Waals surface area contributed by atoms with Gasteiger partial charge in [0.1, 0.15) is 12.4 Å². The number of sulfonamides is 1. The van der Waals surface area contributed by atoms with Crippen LogP contribution in [0.25, 0.3) is 0 Å². The number of halogens is 1. The third-order valence-electron chi connectivity index (χ3n) is 3.65. The Morgan fingerprint density at radius 2 is 1.81 bits per heavy atom. The maximum Gasteiger partial charge on any atom is 0.414 e. The molecule has 1 aliphatic heterocycles. The van der Waals surface area contributed by atoms with Crippen molar-refractivity contribution in [3.05, 3.63) is 59.9 Å². The van der Waals surface area contributed by atoms with Crippen LogP contribution in [0.2, 0.25) is 0 Å². The summed E-state index contributed by atoms with van der Waals surface area (Å²) in [6.07, 6.45) is -0.376. The number of cyclic esters (lactones) is 1. The summed E-state index contributed by atoms with van der Waals surface area (Å²) in [5.74, 6) is 5.05. The van der Waals surface area contributed by atoms with E-state index in [1.807, 2.05) is 0 Å². The van der Waals surface area contributed by atoms with Crippen molar-refractivity contribution in [1.82, 2.24) is 4.72 Å². The molecule has 2 aromatic carbocycles. The molecule has 6 nitrogen and oxygen atoms in total.